The molecule has 1 N–H and O–H groups in total. The lowest BCUT2D eigenvalue weighted by molar-refractivity contribution is 0.570. The van der Waals surface area contributed by atoms with E-state index in [9.17, 15) is 0 Å². The van der Waals surface area contributed by atoms with E-state index in [1.54, 1.807) is 12.3 Å². The van der Waals surface area contributed by atoms with Crippen LogP contribution in [0, 0.1) is 0 Å². The molecule has 3 heterocycles. The minimum Gasteiger partial charge on any atom is -0.452 e. The van der Waals surface area contributed by atoms with Crippen molar-refractivity contribution < 1.29 is 4.42 Å². The van der Waals surface area contributed by atoms with Crippen LogP contribution in [0.1, 0.15) is 0 Å². The molecule has 0 spiro atoms. The molecule has 0 atom stereocenters. The summed E-state index contributed by atoms with van der Waals surface area (Å²) < 4.78 is 5.00. The van der Waals surface area contributed by atoms with Crippen molar-refractivity contribution in [2.75, 3.05) is 0 Å². The number of pyridine rings is 1. The molecule has 3 aromatic heterocycles. The van der Waals surface area contributed by atoms with Gasteiger partial charge in [-0.15, -0.1) is 0 Å². The second kappa shape index (κ2) is 3.10. The molecule has 3 aromatic rings. The third-order valence-electron chi connectivity index (χ3n) is 2.13. The van der Waals surface area contributed by atoms with Gasteiger partial charge in [0, 0.05) is 6.20 Å². The SMILES string of the molecule is Clc1occc1-c1nc2ncccc2[nH]1. The van der Waals surface area contributed by atoms with Gasteiger partial charge in [-0.2, -0.15) is 0 Å². The highest BCUT2D eigenvalue weighted by Gasteiger charge is 2.10. The fraction of sp³-hybridized carbons (Fsp3) is 0. The van der Waals surface area contributed by atoms with Crippen molar-refractivity contribution >= 4 is 22.8 Å². The topological polar surface area (TPSA) is 54.7 Å². The zero-order valence-corrected chi connectivity index (χ0v) is 8.32. The molecular formula is C10H6ClN3O. The van der Waals surface area contributed by atoms with Gasteiger partial charge in [-0.3, -0.25) is 0 Å². The van der Waals surface area contributed by atoms with Crippen molar-refractivity contribution in [3.05, 3.63) is 35.9 Å². The molecule has 5 heteroatoms. The Morgan fingerprint density at radius 3 is 3.00 bits per heavy atom. The van der Waals surface area contributed by atoms with Crippen molar-refractivity contribution in [3.63, 3.8) is 0 Å². The molecular weight excluding hydrogens is 214 g/mol. The number of H-pyrrole nitrogens is 1. The highest BCUT2D eigenvalue weighted by atomic mass is 35.5. The Labute approximate surface area is 89.9 Å². The van der Waals surface area contributed by atoms with Gasteiger partial charge < -0.3 is 9.40 Å². The van der Waals surface area contributed by atoms with Gasteiger partial charge in [-0.25, -0.2) is 9.97 Å². The number of rotatable bonds is 1. The van der Waals surface area contributed by atoms with E-state index >= 15 is 0 Å². The molecule has 74 valence electrons. The van der Waals surface area contributed by atoms with Gasteiger partial charge in [0.25, 0.3) is 0 Å². The lowest BCUT2D eigenvalue weighted by Gasteiger charge is -1.88. The van der Waals surface area contributed by atoms with E-state index in [0.29, 0.717) is 16.7 Å². The monoisotopic (exact) mass is 219 g/mol. The number of nitrogens with one attached hydrogen (secondary N) is 1. The maximum absolute atomic E-state index is 5.85. The van der Waals surface area contributed by atoms with Gasteiger partial charge in [0.15, 0.2) is 5.65 Å². The number of hydrogen-bond acceptors (Lipinski definition) is 3. The van der Waals surface area contributed by atoms with Crippen LogP contribution in [0.2, 0.25) is 5.22 Å². The Hall–Kier alpha value is -1.81. The zero-order valence-electron chi connectivity index (χ0n) is 7.57. The summed E-state index contributed by atoms with van der Waals surface area (Å²) in [5.41, 5.74) is 2.30. The molecule has 0 fully saturated rings. The standard InChI is InChI=1S/C10H6ClN3O/c11-8-6(3-5-15-8)9-13-7-2-1-4-12-10(7)14-9/h1-5H,(H,12,13,14). The van der Waals surface area contributed by atoms with Crippen LogP contribution < -0.4 is 0 Å². The molecule has 0 amide bonds. The third kappa shape index (κ3) is 1.30. The summed E-state index contributed by atoms with van der Waals surface area (Å²) in [6.45, 7) is 0. The quantitative estimate of drug-likeness (QED) is 0.685. The number of fused-ring (bicyclic) bond motifs is 1. The van der Waals surface area contributed by atoms with E-state index in [2.05, 4.69) is 15.0 Å². The number of furan rings is 1. The van der Waals surface area contributed by atoms with E-state index < -0.39 is 0 Å². The summed E-state index contributed by atoms with van der Waals surface area (Å²) in [7, 11) is 0. The smallest absolute Gasteiger partial charge is 0.203 e. The maximum atomic E-state index is 5.85. The molecule has 0 aliphatic carbocycles. The maximum Gasteiger partial charge on any atom is 0.203 e. The molecule has 15 heavy (non-hydrogen) atoms. The summed E-state index contributed by atoms with van der Waals surface area (Å²) in [6.07, 6.45) is 3.22. The van der Waals surface area contributed by atoms with Crippen LogP contribution in [-0.2, 0) is 0 Å². The molecule has 0 aliphatic rings. The first kappa shape index (κ1) is 8.49. The Morgan fingerprint density at radius 2 is 2.27 bits per heavy atom. The van der Waals surface area contributed by atoms with E-state index in [-0.39, 0.29) is 0 Å². The Kier molecular flexibility index (Phi) is 1.76. The van der Waals surface area contributed by atoms with E-state index in [1.807, 2.05) is 12.1 Å². The third-order valence-corrected chi connectivity index (χ3v) is 2.42. The van der Waals surface area contributed by atoms with E-state index in [0.717, 1.165) is 11.1 Å². The van der Waals surface area contributed by atoms with Crippen LogP contribution >= 0.6 is 11.6 Å². The van der Waals surface area contributed by atoms with Gasteiger partial charge in [0.1, 0.15) is 5.82 Å². The van der Waals surface area contributed by atoms with E-state index in [1.165, 1.54) is 6.26 Å². The Balaban J connectivity index is 2.24. The second-order valence-corrected chi connectivity index (χ2v) is 3.41. The van der Waals surface area contributed by atoms with Crippen molar-refractivity contribution in [1.82, 2.24) is 15.0 Å². The molecule has 4 nitrogen and oxygen atoms in total. The largest absolute Gasteiger partial charge is 0.452 e. The second-order valence-electron chi connectivity index (χ2n) is 3.07. The van der Waals surface area contributed by atoms with Crippen LogP contribution in [0.5, 0.6) is 0 Å². The highest BCUT2D eigenvalue weighted by Crippen LogP contribution is 2.27. The van der Waals surface area contributed by atoms with Crippen molar-refractivity contribution in [1.29, 1.82) is 0 Å². The molecule has 3 rings (SSSR count). The zero-order chi connectivity index (χ0) is 10.3. The Morgan fingerprint density at radius 1 is 1.33 bits per heavy atom. The van der Waals surface area contributed by atoms with Crippen LogP contribution in [0.25, 0.3) is 22.6 Å². The first-order valence-electron chi connectivity index (χ1n) is 4.39. The molecule has 0 aromatic carbocycles. The number of aromatic amines is 1. The summed E-state index contributed by atoms with van der Waals surface area (Å²) in [5, 5.41) is 0.328. The van der Waals surface area contributed by atoms with Crippen LogP contribution in [-0.4, -0.2) is 15.0 Å². The fourth-order valence-electron chi connectivity index (χ4n) is 1.44. The van der Waals surface area contributed by atoms with Crippen molar-refractivity contribution in [2.24, 2.45) is 0 Å². The first-order valence-corrected chi connectivity index (χ1v) is 4.76. The number of hydrogen-bond donors (Lipinski definition) is 1. The van der Waals surface area contributed by atoms with Crippen molar-refractivity contribution in [3.8, 4) is 11.4 Å². The van der Waals surface area contributed by atoms with Crippen molar-refractivity contribution in [2.45, 2.75) is 0 Å². The molecule has 0 saturated carbocycles. The predicted octanol–water partition coefficient (Wildman–Crippen LogP) is 2.87. The number of nitrogens with zero attached hydrogens (tertiary/aromatic N) is 2. The highest BCUT2D eigenvalue weighted by molar-refractivity contribution is 6.31. The minimum absolute atomic E-state index is 0.328. The molecule has 0 saturated heterocycles. The fourth-order valence-corrected chi connectivity index (χ4v) is 1.64. The van der Waals surface area contributed by atoms with Gasteiger partial charge in [-0.05, 0) is 29.8 Å². The summed E-state index contributed by atoms with van der Waals surface area (Å²) >= 11 is 5.85. The molecule has 0 radical (unpaired) electrons. The first-order chi connectivity index (χ1) is 7.34. The summed E-state index contributed by atoms with van der Waals surface area (Å²) in [6, 6.07) is 5.52. The van der Waals surface area contributed by atoms with Gasteiger partial charge in [-0.1, -0.05) is 0 Å². The van der Waals surface area contributed by atoms with E-state index in [4.69, 9.17) is 16.0 Å². The molecule has 0 bridgehead atoms. The molecule has 0 unspecified atom stereocenters. The molecule has 0 aliphatic heterocycles. The van der Waals surface area contributed by atoms with Gasteiger partial charge in [0.05, 0.1) is 17.3 Å². The number of aromatic nitrogens is 3. The Bertz CT molecular complexity index is 581. The minimum atomic E-state index is 0.328. The normalized spacial score (nSPS) is 11.0. The summed E-state index contributed by atoms with van der Waals surface area (Å²) in [5.74, 6) is 0.669. The van der Waals surface area contributed by atoms with Crippen LogP contribution in [0.4, 0.5) is 0 Å². The summed E-state index contributed by atoms with van der Waals surface area (Å²) in [4.78, 5) is 11.6. The predicted molar refractivity (Wildman–Crippen MR) is 56.6 cm³/mol. The lowest BCUT2D eigenvalue weighted by Crippen LogP contribution is -1.76. The van der Waals surface area contributed by atoms with Crippen LogP contribution in [0.15, 0.2) is 35.1 Å². The van der Waals surface area contributed by atoms with Crippen LogP contribution in [0.3, 0.4) is 0 Å². The van der Waals surface area contributed by atoms with Gasteiger partial charge >= 0.3 is 0 Å². The average Bonchev–Trinajstić information content (AvgIpc) is 2.82. The average molecular weight is 220 g/mol. The number of halogens is 1. The van der Waals surface area contributed by atoms with Gasteiger partial charge in [0.2, 0.25) is 5.22 Å². The number of imidazole rings is 1. The lowest BCUT2D eigenvalue weighted by atomic mass is 10.3.